The number of alkyl halides is 2. The summed E-state index contributed by atoms with van der Waals surface area (Å²) in [6.07, 6.45) is -3.66. The summed E-state index contributed by atoms with van der Waals surface area (Å²) < 4.78 is 34.7. The molecule has 2 aromatic rings. The Balaban J connectivity index is 1.96. The molecule has 108 valence electrons. The Morgan fingerprint density at radius 2 is 1.62 bits per heavy atom. The first-order chi connectivity index (χ1) is 9.98. The monoisotopic (exact) mass is 310 g/mol. The van der Waals surface area contributed by atoms with Crippen LogP contribution in [0.1, 0.15) is 17.2 Å². The fourth-order valence-electron chi connectivity index (χ4n) is 2.12. The maximum Gasteiger partial charge on any atom is 0.586 e. The van der Waals surface area contributed by atoms with Gasteiger partial charge in [0.05, 0.1) is 0 Å². The Labute approximate surface area is 123 Å². The van der Waals surface area contributed by atoms with Gasteiger partial charge >= 0.3 is 6.29 Å². The molecule has 1 heterocycles. The smallest absolute Gasteiger partial charge is 0.395 e. The van der Waals surface area contributed by atoms with E-state index in [2.05, 4.69) is 14.6 Å². The molecule has 0 aliphatic carbocycles. The maximum absolute atomic E-state index is 13.0. The number of hydrogen-bond acceptors (Lipinski definition) is 4. The highest BCUT2D eigenvalue weighted by atomic mass is 35.5. The number of hydrogen-bond donors (Lipinski definition) is 1. The Bertz CT molecular complexity index is 692. The van der Waals surface area contributed by atoms with E-state index in [0.29, 0.717) is 10.6 Å². The van der Waals surface area contributed by atoms with E-state index < -0.39 is 12.3 Å². The van der Waals surface area contributed by atoms with Crippen LogP contribution >= 0.6 is 11.6 Å². The topological polar surface area (TPSA) is 54.7 Å². The van der Waals surface area contributed by atoms with Crippen LogP contribution in [0.4, 0.5) is 8.78 Å². The minimum Gasteiger partial charge on any atom is -0.395 e. The summed E-state index contributed by atoms with van der Waals surface area (Å²) in [6, 6.07) is 10.5. The first kappa shape index (κ1) is 13.8. The second kappa shape index (κ2) is 4.96. The number of ether oxygens (including phenoxy) is 2. The quantitative estimate of drug-likeness (QED) is 0.829. The Hall–Kier alpha value is -2.21. The predicted molar refractivity (Wildman–Crippen MR) is 71.1 cm³/mol. The van der Waals surface area contributed by atoms with Gasteiger partial charge in [0.15, 0.2) is 11.5 Å². The highest BCUT2D eigenvalue weighted by molar-refractivity contribution is 6.30. The van der Waals surface area contributed by atoms with Gasteiger partial charge in [-0.15, -0.1) is 8.78 Å². The van der Waals surface area contributed by atoms with Crippen molar-refractivity contribution >= 4 is 11.6 Å². The molecule has 21 heavy (non-hydrogen) atoms. The third-order valence-corrected chi connectivity index (χ3v) is 3.31. The molecule has 2 aromatic carbocycles. The van der Waals surface area contributed by atoms with E-state index in [0.717, 1.165) is 5.56 Å². The van der Waals surface area contributed by atoms with Gasteiger partial charge in [0.2, 0.25) is 0 Å². The molecule has 0 radical (unpaired) electrons. The van der Waals surface area contributed by atoms with E-state index in [1.807, 2.05) is 0 Å². The van der Waals surface area contributed by atoms with Crippen LogP contribution in [0.15, 0.2) is 47.6 Å². The summed E-state index contributed by atoms with van der Waals surface area (Å²) in [5, 5.41) is 4.11. The number of nitrogens with zero attached hydrogens (tertiary/aromatic N) is 1. The third-order valence-electron chi connectivity index (χ3n) is 3.06. The Kier molecular flexibility index (Phi) is 3.25. The number of rotatable bonds is 3. The zero-order valence-electron chi connectivity index (χ0n) is 10.5. The van der Waals surface area contributed by atoms with Gasteiger partial charge in [-0.3, -0.25) is 0 Å². The number of nitrogens with one attached hydrogen (secondary N) is 1. The van der Waals surface area contributed by atoms with Gasteiger partial charge in [-0.25, -0.2) is 5.53 Å². The Morgan fingerprint density at radius 1 is 1.00 bits per heavy atom. The van der Waals surface area contributed by atoms with Crippen molar-refractivity contribution < 1.29 is 18.3 Å². The SMILES string of the molecule is N=NC(c1ccc(Cl)cc1)c1ccc2c(c1)OC(F)(F)O2. The lowest BCUT2D eigenvalue weighted by molar-refractivity contribution is -0.286. The van der Waals surface area contributed by atoms with Crippen LogP contribution in [-0.2, 0) is 0 Å². The van der Waals surface area contributed by atoms with Gasteiger partial charge in [-0.1, -0.05) is 29.8 Å². The highest BCUT2D eigenvalue weighted by Gasteiger charge is 2.43. The molecule has 4 nitrogen and oxygen atoms in total. The predicted octanol–water partition coefficient (Wildman–Crippen LogP) is 4.78. The van der Waals surface area contributed by atoms with Gasteiger partial charge in [0, 0.05) is 5.02 Å². The molecule has 1 aliphatic rings. The van der Waals surface area contributed by atoms with Crippen LogP contribution in [0.3, 0.4) is 0 Å². The van der Waals surface area contributed by atoms with Crippen LogP contribution in [0, 0.1) is 5.53 Å². The van der Waals surface area contributed by atoms with E-state index in [1.165, 1.54) is 12.1 Å². The zero-order valence-corrected chi connectivity index (χ0v) is 11.3. The summed E-state index contributed by atoms with van der Waals surface area (Å²) in [5.74, 6) is -0.108. The molecule has 0 saturated carbocycles. The number of halogens is 3. The lowest BCUT2D eigenvalue weighted by atomic mass is 9.99. The standard InChI is InChI=1S/C14H9ClF2N2O2/c15-10-4-1-8(2-5-10)13(19-18)9-3-6-11-12(7-9)21-14(16,17)20-11/h1-7,13,18H. The van der Waals surface area contributed by atoms with Gasteiger partial charge in [0.25, 0.3) is 0 Å². The lowest BCUT2D eigenvalue weighted by Crippen LogP contribution is -2.25. The molecule has 3 rings (SSSR count). The van der Waals surface area contributed by atoms with Crippen molar-refractivity contribution in [3.63, 3.8) is 0 Å². The summed E-state index contributed by atoms with van der Waals surface area (Å²) in [5.41, 5.74) is 8.61. The summed E-state index contributed by atoms with van der Waals surface area (Å²) in [6.45, 7) is 0. The van der Waals surface area contributed by atoms with Crippen LogP contribution in [0.5, 0.6) is 11.5 Å². The molecule has 1 aliphatic heterocycles. The third kappa shape index (κ3) is 2.67. The highest BCUT2D eigenvalue weighted by Crippen LogP contribution is 2.43. The van der Waals surface area contributed by atoms with Crippen LogP contribution in [0.25, 0.3) is 0 Å². The van der Waals surface area contributed by atoms with Crippen molar-refractivity contribution in [1.29, 1.82) is 5.53 Å². The minimum atomic E-state index is -3.66. The fraction of sp³-hybridized carbons (Fsp3) is 0.143. The molecule has 0 aromatic heterocycles. The first-order valence-electron chi connectivity index (χ1n) is 6.00. The molecule has 0 fully saturated rings. The molecule has 0 spiro atoms. The van der Waals surface area contributed by atoms with Crippen molar-refractivity contribution in [2.24, 2.45) is 5.11 Å². The fourth-order valence-corrected chi connectivity index (χ4v) is 2.25. The zero-order chi connectivity index (χ0) is 15.0. The molecule has 0 amide bonds. The second-order valence-corrected chi connectivity index (χ2v) is 4.89. The van der Waals surface area contributed by atoms with Gasteiger partial charge < -0.3 is 9.47 Å². The van der Waals surface area contributed by atoms with Crippen molar-refractivity contribution in [1.82, 2.24) is 0 Å². The van der Waals surface area contributed by atoms with E-state index in [-0.39, 0.29) is 11.5 Å². The molecule has 0 bridgehead atoms. The molecule has 0 saturated heterocycles. The van der Waals surface area contributed by atoms with Gasteiger partial charge in [-0.2, -0.15) is 5.11 Å². The molecular formula is C14H9ClF2N2O2. The van der Waals surface area contributed by atoms with Crippen LogP contribution < -0.4 is 9.47 Å². The average Bonchev–Trinajstić information content (AvgIpc) is 2.75. The average molecular weight is 311 g/mol. The summed E-state index contributed by atoms with van der Waals surface area (Å²) in [7, 11) is 0. The molecule has 1 N–H and O–H groups in total. The largest absolute Gasteiger partial charge is 0.586 e. The Morgan fingerprint density at radius 3 is 2.29 bits per heavy atom. The summed E-state index contributed by atoms with van der Waals surface area (Å²) >= 11 is 5.82. The van der Waals surface area contributed by atoms with Crippen LogP contribution in [0.2, 0.25) is 5.02 Å². The summed E-state index contributed by atoms with van der Waals surface area (Å²) in [4.78, 5) is 0. The molecular weight excluding hydrogens is 302 g/mol. The number of fused-ring (bicyclic) bond motifs is 1. The lowest BCUT2D eigenvalue weighted by Gasteiger charge is -2.12. The van der Waals surface area contributed by atoms with Crippen molar-refractivity contribution in [2.75, 3.05) is 0 Å². The van der Waals surface area contributed by atoms with Crippen LogP contribution in [-0.4, -0.2) is 6.29 Å². The van der Waals surface area contributed by atoms with Gasteiger partial charge in [0.1, 0.15) is 6.04 Å². The van der Waals surface area contributed by atoms with E-state index >= 15 is 0 Å². The molecule has 1 atom stereocenters. The molecule has 7 heteroatoms. The van der Waals surface area contributed by atoms with Crippen molar-refractivity contribution in [3.8, 4) is 11.5 Å². The maximum atomic E-state index is 13.0. The van der Waals surface area contributed by atoms with Crippen molar-refractivity contribution in [2.45, 2.75) is 12.3 Å². The minimum absolute atomic E-state index is 0.0383. The number of benzene rings is 2. The normalized spacial score (nSPS) is 16.5. The first-order valence-corrected chi connectivity index (χ1v) is 6.38. The van der Waals surface area contributed by atoms with E-state index in [4.69, 9.17) is 17.1 Å². The molecule has 1 unspecified atom stereocenters. The van der Waals surface area contributed by atoms with Gasteiger partial charge in [-0.05, 0) is 35.4 Å². The second-order valence-electron chi connectivity index (χ2n) is 4.46. The van der Waals surface area contributed by atoms with Crippen molar-refractivity contribution in [3.05, 3.63) is 58.6 Å². The van der Waals surface area contributed by atoms with E-state index in [9.17, 15) is 8.78 Å². The van der Waals surface area contributed by atoms with E-state index in [1.54, 1.807) is 30.3 Å².